The fraction of sp³-hybridized carbons (Fsp3) is 0.300. The van der Waals surface area contributed by atoms with E-state index in [2.05, 4.69) is 20.4 Å². The second-order valence-corrected chi connectivity index (χ2v) is 6.75. The predicted molar refractivity (Wildman–Crippen MR) is 104 cm³/mol. The summed E-state index contributed by atoms with van der Waals surface area (Å²) in [6, 6.07) is 7.17. The van der Waals surface area contributed by atoms with Crippen LogP contribution in [0.4, 0.5) is 11.6 Å². The average Bonchev–Trinajstić information content (AvgIpc) is 3.18. The molecule has 0 radical (unpaired) electrons. The number of carbonyl (C=O) groups is 1. The van der Waals surface area contributed by atoms with Crippen molar-refractivity contribution in [3.63, 3.8) is 0 Å². The highest BCUT2D eigenvalue weighted by Crippen LogP contribution is 2.27. The fourth-order valence-corrected chi connectivity index (χ4v) is 3.33. The number of hydrogen-bond donors (Lipinski definition) is 2. The first kappa shape index (κ1) is 18.1. The van der Waals surface area contributed by atoms with Crippen LogP contribution in [0.2, 0.25) is 0 Å². The van der Waals surface area contributed by atoms with Crippen molar-refractivity contribution in [2.24, 2.45) is 0 Å². The van der Waals surface area contributed by atoms with Gasteiger partial charge in [0, 0.05) is 31.2 Å². The Labute approximate surface area is 162 Å². The number of ether oxygens (including phenoxy) is 1. The van der Waals surface area contributed by atoms with Gasteiger partial charge in [-0.1, -0.05) is 18.2 Å². The third-order valence-electron chi connectivity index (χ3n) is 4.81. The number of anilines is 2. The Morgan fingerprint density at radius 2 is 2.04 bits per heavy atom. The van der Waals surface area contributed by atoms with Crippen molar-refractivity contribution in [3.05, 3.63) is 54.0 Å². The molecule has 1 aliphatic rings. The van der Waals surface area contributed by atoms with Crippen molar-refractivity contribution in [1.29, 1.82) is 0 Å². The Morgan fingerprint density at radius 1 is 1.25 bits per heavy atom. The summed E-state index contributed by atoms with van der Waals surface area (Å²) < 4.78 is 7.34. The molecule has 0 spiro atoms. The lowest BCUT2D eigenvalue weighted by molar-refractivity contribution is 0.0662. The van der Waals surface area contributed by atoms with Gasteiger partial charge in [-0.2, -0.15) is 5.10 Å². The minimum absolute atomic E-state index is 0.211. The summed E-state index contributed by atoms with van der Waals surface area (Å²) in [7, 11) is 0. The first-order valence-corrected chi connectivity index (χ1v) is 9.17. The third kappa shape index (κ3) is 3.72. The Kier molecular flexibility index (Phi) is 5.03. The monoisotopic (exact) mass is 379 g/mol. The van der Waals surface area contributed by atoms with Gasteiger partial charge in [-0.05, 0) is 31.4 Å². The molecule has 0 saturated carbocycles. The molecule has 2 N–H and O–H groups in total. The first-order chi connectivity index (χ1) is 13.6. The smallest absolute Gasteiger partial charge is 0.336 e. The van der Waals surface area contributed by atoms with Crippen LogP contribution in [-0.2, 0) is 4.74 Å². The van der Waals surface area contributed by atoms with Crippen LogP contribution in [-0.4, -0.2) is 44.0 Å². The molecule has 1 aromatic carbocycles. The molecular formula is C20H21N5O3. The lowest BCUT2D eigenvalue weighted by Gasteiger charge is -2.22. The number of aromatic nitrogens is 4. The van der Waals surface area contributed by atoms with Gasteiger partial charge >= 0.3 is 5.97 Å². The van der Waals surface area contributed by atoms with Crippen molar-refractivity contribution < 1.29 is 14.6 Å². The molecule has 8 heteroatoms. The molecule has 0 aliphatic carbocycles. The molecule has 3 aromatic rings. The summed E-state index contributed by atoms with van der Waals surface area (Å²) in [5.41, 5.74) is 2.95. The maximum Gasteiger partial charge on any atom is 0.336 e. The second-order valence-electron chi connectivity index (χ2n) is 6.75. The van der Waals surface area contributed by atoms with E-state index in [1.807, 2.05) is 17.8 Å². The van der Waals surface area contributed by atoms with Crippen molar-refractivity contribution >= 4 is 17.6 Å². The summed E-state index contributed by atoms with van der Waals surface area (Å²) in [5.74, 6) is -0.590. The topological polar surface area (TPSA) is 102 Å². The Bertz CT molecular complexity index is 995. The maximum atomic E-state index is 11.6. The van der Waals surface area contributed by atoms with Gasteiger partial charge < -0.3 is 15.2 Å². The minimum Gasteiger partial charge on any atom is -0.478 e. The van der Waals surface area contributed by atoms with Crippen LogP contribution in [0.3, 0.4) is 0 Å². The highest BCUT2D eigenvalue weighted by molar-refractivity contribution is 5.95. The molecule has 1 fully saturated rings. The van der Waals surface area contributed by atoms with E-state index in [1.54, 1.807) is 36.7 Å². The summed E-state index contributed by atoms with van der Waals surface area (Å²) in [6.07, 6.45) is 7.25. The minimum atomic E-state index is -0.985. The number of aryl methyl sites for hydroxylation is 1. The van der Waals surface area contributed by atoms with E-state index in [4.69, 9.17) is 4.74 Å². The van der Waals surface area contributed by atoms with Crippen molar-refractivity contribution in [2.45, 2.75) is 25.8 Å². The molecule has 0 atom stereocenters. The Morgan fingerprint density at radius 3 is 2.82 bits per heavy atom. The van der Waals surface area contributed by atoms with Crippen LogP contribution in [0.1, 0.15) is 34.8 Å². The van der Waals surface area contributed by atoms with Crippen molar-refractivity contribution in [1.82, 2.24) is 19.7 Å². The largest absolute Gasteiger partial charge is 0.478 e. The summed E-state index contributed by atoms with van der Waals surface area (Å²) in [4.78, 5) is 20.4. The number of benzene rings is 1. The maximum absolute atomic E-state index is 11.6. The quantitative estimate of drug-likeness (QED) is 0.700. The average molecular weight is 379 g/mol. The summed E-state index contributed by atoms with van der Waals surface area (Å²) in [5, 5.41) is 17.1. The number of aromatic carboxylic acids is 1. The van der Waals surface area contributed by atoms with E-state index in [0.29, 0.717) is 23.2 Å². The molecule has 2 aromatic heterocycles. The standard InChI is InChI=1S/C20H21N5O3/c1-13-10-21-20(24-18(13)16-4-2-3-5-17(16)19(26)27)23-14-11-22-25(12-14)15-6-8-28-9-7-15/h2-5,10-12,15H,6-9H2,1H3,(H,26,27)(H,21,23,24). The molecule has 0 bridgehead atoms. The third-order valence-corrected chi connectivity index (χ3v) is 4.81. The number of carboxylic acids is 1. The van der Waals surface area contributed by atoms with Crippen LogP contribution < -0.4 is 5.32 Å². The van der Waals surface area contributed by atoms with Crippen LogP contribution >= 0.6 is 0 Å². The number of hydrogen-bond acceptors (Lipinski definition) is 6. The SMILES string of the molecule is Cc1cnc(Nc2cnn(C3CCOCC3)c2)nc1-c1ccccc1C(=O)O. The highest BCUT2D eigenvalue weighted by atomic mass is 16.5. The van der Waals surface area contributed by atoms with Gasteiger partial charge in [-0.15, -0.1) is 0 Å². The van der Waals surface area contributed by atoms with Gasteiger partial charge in [0.15, 0.2) is 0 Å². The Hall–Kier alpha value is -3.26. The lowest BCUT2D eigenvalue weighted by atomic mass is 10.0. The van der Waals surface area contributed by atoms with Gasteiger partial charge in [0.25, 0.3) is 0 Å². The van der Waals surface area contributed by atoms with Gasteiger partial charge in [0.05, 0.1) is 29.2 Å². The zero-order chi connectivity index (χ0) is 19.5. The molecular weight excluding hydrogens is 358 g/mol. The molecule has 144 valence electrons. The van der Waals surface area contributed by atoms with Gasteiger partial charge in [0.1, 0.15) is 0 Å². The molecule has 3 heterocycles. The molecule has 1 saturated heterocycles. The summed E-state index contributed by atoms with van der Waals surface area (Å²) in [6.45, 7) is 3.36. The normalized spacial score (nSPS) is 14.8. The zero-order valence-corrected chi connectivity index (χ0v) is 15.5. The van der Waals surface area contributed by atoms with Gasteiger partial charge in [-0.3, -0.25) is 4.68 Å². The van der Waals surface area contributed by atoms with Crippen LogP contribution in [0.15, 0.2) is 42.9 Å². The van der Waals surface area contributed by atoms with Crippen LogP contribution in [0.5, 0.6) is 0 Å². The molecule has 28 heavy (non-hydrogen) atoms. The van der Waals surface area contributed by atoms with E-state index in [1.165, 1.54) is 0 Å². The summed E-state index contributed by atoms with van der Waals surface area (Å²) >= 11 is 0. The Balaban J connectivity index is 1.60. The van der Waals surface area contributed by atoms with E-state index < -0.39 is 5.97 Å². The second kappa shape index (κ2) is 7.77. The van der Waals surface area contributed by atoms with Crippen LogP contribution in [0, 0.1) is 6.92 Å². The van der Waals surface area contributed by atoms with E-state index in [9.17, 15) is 9.90 Å². The molecule has 1 aliphatic heterocycles. The number of carboxylic acid groups (broad SMARTS) is 1. The van der Waals surface area contributed by atoms with Gasteiger partial charge in [0.2, 0.25) is 5.95 Å². The molecule has 4 rings (SSSR count). The van der Waals surface area contributed by atoms with Crippen molar-refractivity contribution in [3.8, 4) is 11.3 Å². The lowest BCUT2D eigenvalue weighted by Crippen LogP contribution is -2.19. The predicted octanol–water partition coefficient (Wildman–Crippen LogP) is 3.44. The molecule has 8 nitrogen and oxygen atoms in total. The molecule has 0 unspecified atom stereocenters. The van der Waals surface area contributed by atoms with E-state index in [-0.39, 0.29) is 5.56 Å². The van der Waals surface area contributed by atoms with Crippen LogP contribution in [0.25, 0.3) is 11.3 Å². The van der Waals surface area contributed by atoms with E-state index in [0.717, 1.165) is 37.3 Å². The van der Waals surface area contributed by atoms with E-state index >= 15 is 0 Å². The highest BCUT2D eigenvalue weighted by Gasteiger charge is 2.18. The number of nitrogens with zero attached hydrogens (tertiary/aromatic N) is 4. The number of nitrogens with one attached hydrogen (secondary N) is 1. The first-order valence-electron chi connectivity index (χ1n) is 9.17. The fourth-order valence-electron chi connectivity index (χ4n) is 3.33. The number of rotatable bonds is 5. The zero-order valence-electron chi connectivity index (χ0n) is 15.5. The van der Waals surface area contributed by atoms with Crippen molar-refractivity contribution in [2.75, 3.05) is 18.5 Å². The van der Waals surface area contributed by atoms with Gasteiger partial charge in [-0.25, -0.2) is 14.8 Å². The molecule has 0 amide bonds.